The number of ether oxygens (including phenoxy) is 1. The van der Waals surface area contributed by atoms with Crippen molar-refractivity contribution < 1.29 is 28.6 Å². The number of aliphatic hydroxyl groups excluding tert-OH is 1. The van der Waals surface area contributed by atoms with Gasteiger partial charge in [-0.15, -0.1) is 0 Å². The predicted octanol–water partition coefficient (Wildman–Crippen LogP) is 4.31. The molecular weight excluding hydrogens is 447 g/mol. The molecule has 1 fully saturated rings. The van der Waals surface area contributed by atoms with E-state index in [9.17, 15) is 23.9 Å². The highest BCUT2D eigenvalue weighted by Crippen LogP contribution is 2.43. The molecule has 1 N–H and O–H groups in total. The van der Waals surface area contributed by atoms with Gasteiger partial charge in [0.15, 0.2) is 5.13 Å². The average molecular weight is 466 g/mol. The van der Waals surface area contributed by atoms with Gasteiger partial charge in [0.1, 0.15) is 16.5 Å². The molecule has 3 aromatic rings. The lowest BCUT2D eigenvalue weighted by molar-refractivity contribution is -0.132. The highest BCUT2D eigenvalue weighted by molar-refractivity contribution is 7.17. The number of ketones is 1. The Hall–Kier alpha value is -3.85. The summed E-state index contributed by atoms with van der Waals surface area (Å²) in [5.41, 5.74) is 1.90. The van der Waals surface area contributed by atoms with E-state index in [1.165, 1.54) is 31.4 Å². The zero-order valence-electron chi connectivity index (χ0n) is 18.0. The van der Waals surface area contributed by atoms with Crippen LogP contribution in [-0.4, -0.2) is 34.9 Å². The van der Waals surface area contributed by atoms with E-state index >= 15 is 0 Å². The smallest absolute Gasteiger partial charge is 0.350 e. The maximum Gasteiger partial charge on any atom is 0.350 e. The van der Waals surface area contributed by atoms with Crippen molar-refractivity contribution in [1.82, 2.24) is 4.98 Å². The monoisotopic (exact) mass is 466 g/mol. The number of Topliss-reactive ketones (excluding diaryl/α,β-unsaturated/α-hetero) is 1. The van der Waals surface area contributed by atoms with Crippen LogP contribution in [0.3, 0.4) is 0 Å². The summed E-state index contributed by atoms with van der Waals surface area (Å²) < 4.78 is 18.4. The molecule has 2 aromatic carbocycles. The first-order valence-corrected chi connectivity index (χ1v) is 10.7. The van der Waals surface area contributed by atoms with E-state index in [0.717, 1.165) is 21.8 Å². The number of benzene rings is 2. The predicted molar refractivity (Wildman–Crippen MR) is 121 cm³/mol. The Labute approximate surface area is 192 Å². The van der Waals surface area contributed by atoms with Gasteiger partial charge in [0.25, 0.3) is 5.78 Å². The highest BCUT2D eigenvalue weighted by Gasteiger charge is 2.48. The minimum absolute atomic E-state index is 0.0901. The summed E-state index contributed by atoms with van der Waals surface area (Å²) in [6.45, 7) is 3.47. The normalized spacial score (nSPS) is 17.5. The number of thiazole rings is 1. The molecule has 1 aromatic heterocycles. The first-order valence-electron chi connectivity index (χ1n) is 9.92. The molecule has 0 aliphatic carbocycles. The summed E-state index contributed by atoms with van der Waals surface area (Å²) in [6, 6.07) is 11.0. The number of aryl methyl sites for hydroxylation is 2. The number of amides is 1. The topological polar surface area (TPSA) is 96.8 Å². The van der Waals surface area contributed by atoms with Crippen LogP contribution in [-0.2, 0) is 14.3 Å². The van der Waals surface area contributed by atoms with Crippen molar-refractivity contribution in [3.05, 3.63) is 87.2 Å². The van der Waals surface area contributed by atoms with Crippen LogP contribution in [0.25, 0.3) is 5.76 Å². The van der Waals surface area contributed by atoms with Crippen LogP contribution in [0.1, 0.15) is 38.1 Å². The lowest BCUT2D eigenvalue weighted by atomic mass is 9.95. The molecule has 1 unspecified atom stereocenters. The summed E-state index contributed by atoms with van der Waals surface area (Å²) in [6.07, 6.45) is 0. The molecule has 7 nitrogen and oxygen atoms in total. The zero-order chi connectivity index (χ0) is 23.9. The Balaban J connectivity index is 1.93. The molecule has 1 amide bonds. The third-order valence-corrected chi connectivity index (χ3v) is 6.45. The van der Waals surface area contributed by atoms with E-state index in [2.05, 4.69) is 4.98 Å². The molecule has 168 valence electrons. The maximum atomic E-state index is 13.6. The van der Waals surface area contributed by atoms with E-state index in [-0.39, 0.29) is 21.3 Å². The van der Waals surface area contributed by atoms with Crippen LogP contribution in [0.4, 0.5) is 9.52 Å². The molecule has 1 saturated heterocycles. The maximum absolute atomic E-state index is 13.6. The lowest BCUT2D eigenvalue weighted by Crippen LogP contribution is -2.29. The van der Waals surface area contributed by atoms with Crippen LogP contribution < -0.4 is 4.90 Å². The number of halogens is 1. The number of carbonyl (C=O) groups is 3. The Morgan fingerprint density at radius 3 is 2.33 bits per heavy atom. The molecule has 0 radical (unpaired) electrons. The van der Waals surface area contributed by atoms with Crippen LogP contribution in [0, 0.1) is 19.7 Å². The number of aliphatic hydroxyl groups is 1. The second kappa shape index (κ2) is 8.59. The van der Waals surface area contributed by atoms with Crippen LogP contribution in [0.2, 0.25) is 0 Å². The van der Waals surface area contributed by atoms with E-state index in [0.29, 0.717) is 16.8 Å². The van der Waals surface area contributed by atoms with Crippen LogP contribution >= 0.6 is 11.3 Å². The number of methoxy groups -OCH3 is 1. The molecule has 1 aliphatic heterocycles. The van der Waals surface area contributed by atoms with Crippen LogP contribution in [0.15, 0.2) is 54.1 Å². The molecular formula is C24H19FN2O5S. The quantitative estimate of drug-likeness (QED) is 0.266. The summed E-state index contributed by atoms with van der Waals surface area (Å²) in [5, 5.41) is 11.1. The van der Waals surface area contributed by atoms with Crippen molar-refractivity contribution in [2.24, 2.45) is 0 Å². The van der Waals surface area contributed by atoms with Gasteiger partial charge in [-0.1, -0.05) is 53.3 Å². The van der Waals surface area contributed by atoms with E-state index in [4.69, 9.17) is 4.74 Å². The summed E-state index contributed by atoms with van der Waals surface area (Å²) >= 11 is 0.897. The number of hydrogen-bond donors (Lipinski definition) is 1. The van der Waals surface area contributed by atoms with Gasteiger partial charge in [0.2, 0.25) is 0 Å². The molecule has 1 atom stereocenters. The summed E-state index contributed by atoms with van der Waals surface area (Å²) in [4.78, 5) is 43.9. The van der Waals surface area contributed by atoms with Crippen LogP contribution in [0.5, 0.6) is 0 Å². The molecule has 2 heterocycles. The van der Waals surface area contributed by atoms with Crippen molar-refractivity contribution >= 4 is 39.9 Å². The number of carbonyl (C=O) groups excluding carboxylic acids is 3. The number of aromatic nitrogens is 1. The van der Waals surface area contributed by atoms with Gasteiger partial charge in [-0.25, -0.2) is 14.2 Å². The minimum atomic E-state index is -1.07. The third kappa shape index (κ3) is 3.91. The van der Waals surface area contributed by atoms with Gasteiger partial charge < -0.3 is 9.84 Å². The summed E-state index contributed by atoms with van der Waals surface area (Å²) in [7, 11) is 1.23. The molecule has 0 saturated carbocycles. The second-order valence-electron chi connectivity index (χ2n) is 7.49. The van der Waals surface area contributed by atoms with Gasteiger partial charge >= 0.3 is 11.9 Å². The van der Waals surface area contributed by atoms with E-state index in [1.54, 1.807) is 31.2 Å². The summed E-state index contributed by atoms with van der Waals surface area (Å²) in [5.74, 6) is -3.29. The van der Waals surface area contributed by atoms with Crippen molar-refractivity contribution in [3.8, 4) is 0 Å². The largest absolute Gasteiger partial charge is 0.507 e. The van der Waals surface area contributed by atoms with E-state index in [1.807, 2.05) is 6.92 Å². The zero-order valence-corrected chi connectivity index (χ0v) is 18.8. The number of anilines is 1. The fraction of sp³-hybridized carbons (Fsp3) is 0.167. The Morgan fingerprint density at radius 2 is 1.73 bits per heavy atom. The van der Waals surface area contributed by atoms with Gasteiger partial charge in [0.05, 0.1) is 24.4 Å². The standard InChI is InChI=1S/C24H19FN2O5S/c1-12-4-6-15(7-5-12)19(28)17-18(14-8-10-16(25)11-9-14)27(22(30)20(17)29)24-26-13(2)21(33-24)23(31)32-3/h4-11,18,28H,1-3H3. The van der Waals surface area contributed by atoms with Crippen molar-refractivity contribution in [1.29, 1.82) is 0 Å². The first-order chi connectivity index (χ1) is 15.7. The van der Waals surface area contributed by atoms with Crippen molar-refractivity contribution in [2.75, 3.05) is 12.0 Å². The fourth-order valence-corrected chi connectivity index (χ4v) is 4.64. The number of rotatable bonds is 4. The van der Waals surface area contributed by atoms with Gasteiger partial charge in [-0.2, -0.15) is 0 Å². The molecule has 9 heteroatoms. The Morgan fingerprint density at radius 1 is 1.09 bits per heavy atom. The third-order valence-electron chi connectivity index (χ3n) is 5.32. The highest BCUT2D eigenvalue weighted by atomic mass is 32.1. The molecule has 4 rings (SSSR count). The van der Waals surface area contributed by atoms with Crippen molar-refractivity contribution in [2.45, 2.75) is 19.9 Å². The SMILES string of the molecule is COC(=O)c1sc(N2C(=O)C(=O)C(=C(O)c3ccc(C)cc3)C2c2ccc(F)cc2)nc1C. The molecule has 33 heavy (non-hydrogen) atoms. The van der Waals surface area contributed by atoms with Gasteiger partial charge in [-0.3, -0.25) is 14.5 Å². The first kappa shape index (κ1) is 22.3. The van der Waals surface area contributed by atoms with Gasteiger partial charge in [-0.05, 0) is 31.5 Å². The number of hydrogen-bond acceptors (Lipinski definition) is 7. The molecule has 1 aliphatic rings. The number of nitrogens with zero attached hydrogens (tertiary/aromatic N) is 2. The Bertz CT molecular complexity index is 1300. The lowest BCUT2D eigenvalue weighted by Gasteiger charge is -2.23. The second-order valence-corrected chi connectivity index (χ2v) is 8.47. The Kier molecular flexibility index (Phi) is 5.82. The average Bonchev–Trinajstić information content (AvgIpc) is 3.31. The fourth-order valence-electron chi connectivity index (χ4n) is 3.62. The van der Waals surface area contributed by atoms with Gasteiger partial charge in [0, 0.05) is 5.56 Å². The molecule has 0 bridgehead atoms. The van der Waals surface area contributed by atoms with Crippen molar-refractivity contribution in [3.63, 3.8) is 0 Å². The minimum Gasteiger partial charge on any atom is -0.507 e. The molecule has 0 spiro atoms. The van der Waals surface area contributed by atoms with E-state index < -0.39 is 29.5 Å². The number of esters is 1.